The number of aryl methyl sites for hydroxylation is 1. The summed E-state index contributed by atoms with van der Waals surface area (Å²) in [5.41, 5.74) is 2.89. The van der Waals surface area contributed by atoms with Gasteiger partial charge in [-0.15, -0.1) is 11.3 Å². The van der Waals surface area contributed by atoms with Crippen molar-refractivity contribution in [1.82, 2.24) is 5.32 Å². The number of carbonyl (C=O) groups excluding carboxylic acids is 2. The summed E-state index contributed by atoms with van der Waals surface area (Å²) in [5.74, 6) is 0.178. The van der Waals surface area contributed by atoms with Crippen molar-refractivity contribution in [3.8, 4) is 5.75 Å². The van der Waals surface area contributed by atoms with Gasteiger partial charge in [0.05, 0.1) is 11.7 Å². The Morgan fingerprint density at radius 3 is 2.66 bits per heavy atom. The van der Waals surface area contributed by atoms with Gasteiger partial charge in [-0.25, -0.2) is 0 Å². The van der Waals surface area contributed by atoms with Crippen molar-refractivity contribution in [3.05, 3.63) is 82.0 Å². The first-order valence-corrected chi connectivity index (χ1v) is 10.5. The van der Waals surface area contributed by atoms with Gasteiger partial charge < -0.3 is 10.1 Å². The number of carbonyl (C=O) groups is 2. The summed E-state index contributed by atoms with van der Waals surface area (Å²) in [6, 6.07) is 19.3. The molecule has 1 aliphatic rings. The van der Waals surface area contributed by atoms with E-state index in [0.717, 1.165) is 16.9 Å². The molecule has 6 heteroatoms. The van der Waals surface area contributed by atoms with Crippen LogP contribution in [0.3, 0.4) is 0 Å². The van der Waals surface area contributed by atoms with E-state index in [-0.39, 0.29) is 31.0 Å². The van der Waals surface area contributed by atoms with Crippen LogP contribution in [0, 0.1) is 0 Å². The highest BCUT2D eigenvalue weighted by atomic mass is 32.1. The van der Waals surface area contributed by atoms with Crippen LogP contribution in [0.2, 0.25) is 0 Å². The van der Waals surface area contributed by atoms with Gasteiger partial charge in [0.2, 0.25) is 5.91 Å². The van der Waals surface area contributed by atoms with Crippen molar-refractivity contribution in [2.24, 2.45) is 0 Å². The average molecular weight is 407 g/mol. The average Bonchev–Trinajstić information content (AvgIpc) is 3.29. The highest BCUT2D eigenvalue weighted by molar-refractivity contribution is 7.10. The molecular formula is C23H22N2O3S. The minimum absolute atomic E-state index is 0.0475. The van der Waals surface area contributed by atoms with Crippen LogP contribution < -0.4 is 15.0 Å². The molecule has 2 heterocycles. The van der Waals surface area contributed by atoms with Crippen LogP contribution in [-0.2, 0) is 16.0 Å². The van der Waals surface area contributed by atoms with E-state index in [4.69, 9.17) is 4.74 Å². The molecule has 148 valence electrons. The molecule has 0 radical (unpaired) electrons. The van der Waals surface area contributed by atoms with Crippen molar-refractivity contribution < 1.29 is 14.3 Å². The summed E-state index contributed by atoms with van der Waals surface area (Å²) >= 11 is 1.60. The predicted octanol–water partition coefficient (Wildman–Crippen LogP) is 3.94. The molecular weight excluding hydrogens is 384 g/mol. The molecule has 29 heavy (non-hydrogen) atoms. The van der Waals surface area contributed by atoms with Gasteiger partial charge in [0, 0.05) is 4.88 Å². The Morgan fingerprint density at radius 2 is 1.93 bits per heavy atom. The molecule has 2 aromatic carbocycles. The Bertz CT molecular complexity index is 999. The molecule has 5 nitrogen and oxygen atoms in total. The van der Waals surface area contributed by atoms with Crippen LogP contribution in [0.15, 0.2) is 66.0 Å². The van der Waals surface area contributed by atoms with E-state index in [1.165, 1.54) is 10.5 Å². The lowest BCUT2D eigenvalue weighted by atomic mass is 10.0. The number of hydrogen-bond donors (Lipinski definition) is 1. The fraction of sp³-hybridized carbons (Fsp3) is 0.217. The van der Waals surface area contributed by atoms with Gasteiger partial charge in [-0.2, -0.15) is 0 Å². The molecule has 2 amide bonds. The summed E-state index contributed by atoms with van der Waals surface area (Å²) in [4.78, 5) is 27.8. The Balaban J connectivity index is 1.55. The van der Waals surface area contributed by atoms with Gasteiger partial charge in [-0.05, 0) is 41.1 Å². The van der Waals surface area contributed by atoms with E-state index in [1.54, 1.807) is 23.5 Å². The predicted molar refractivity (Wildman–Crippen MR) is 114 cm³/mol. The lowest BCUT2D eigenvalue weighted by molar-refractivity contribution is -0.125. The van der Waals surface area contributed by atoms with E-state index in [9.17, 15) is 9.59 Å². The van der Waals surface area contributed by atoms with Gasteiger partial charge in [-0.1, -0.05) is 49.4 Å². The maximum absolute atomic E-state index is 12.9. The van der Waals surface area contributed by atoms with Gasteiger partial charge in [0.1, 0.15) is 12.3 Å². The number of rotatable bonds is 6. The third-order valence-electron chi connectivity index (χ3n) is 4.96. The summed E-state index contributed by atoms with van der Waals surface area (Å²) in [5, 5.41) is 5.11. The van der Waals surface area contributed by atoms with Crippen molar-refractivity contribution >= 4 is 28.8 Å². The van der Waals surface area contributed by atoms with Gasteiger partial charge in [0.15, 0.2) is 6.61 Å². The third-order valence-corrected chi connectivity index (χ3v) is 5.90. The fourth-order valence-electron chi connectivity index (χ4n) is 3.40. The largest absolute Gasteiger partial charge is 0.482 e. The zero-order valence-electron chi connectivity index (χ0n) is 16.1. The monoisotopic (exact) mass is 406 g/mol. The van der Waals surface area contributed by atoms with Crippen molar-refractivity contribution in [2.45, 2.75) is 19.4 Å². The molecule has 4 rings (SSSR count). The summed E-state index contributed by atoms with van der Waals surface area (Å²) in [6.45, 7) is 2.01. The van der Waals surface area contributed by atoms with Crippen LogP contribution in [-0.4, -0.2) is 25.0 Å². The zero-order chi connectivity index (χ0) is 20.2. The molecule has 1 aromatic heterocycles. The van der Waals surface area contributed by atoms with E-state index in [1.807, 2.05) is 29.6 Å². The molecule has 0 saturated carbocycles. The lowest BCUT2D eigenvalue weighted by Gasteiger charge is -2.29. The topological polar surface area (TPSA) is 58.6 Å². The van der Waals surface area contributed by atoms with Crippen molar-refractivity contribution in [3.63, 3.8) is 0 Å². The van der Waals surface area contributed by atoms with Crippen LogP contribution in [0.4, 0.5) is 5.69 Å². The zero-order valence-corrected chi connectivity index (χ0v) is 16.9. The summed E-state index contributed by atoms with van der Waals surface area (Å²) < 4.78 is 5.46. The smallest absolute Gasteiger partial charge is 0.265 e. The van der Waals surface area contributed by atoms with Gasteiger partial charge >= 0.3 is 0 Å². The Hall–Kier alpha value is -3.12. The van der Waals surface area contributed by atoms with Crippen molar-refractivity contribution in [1.29, 1.82) is 0 Å². The summed E-state index contributed by atoms with van der Waals surface area (Å²) in [7, 11) is 0. The highest BCUT2D eigenvalue weighted by Gasteiger charge is 2.28. The molecule has 0 bridgehead atoms. The van der Waals surface area contributed by atoms with E-state index in [2.05, 4.69) is 36.5 Å². The fourth-order valence-corrected chi connectivity index (χ4v) is 4.20. The number of nitrogens with zero attached hydrogens (tertiary/aromatic N) is 1. The standard InChI is InChI=1S/C23H22N2O3S/c1-2-16-9-11-17(12-10-16)23(20-8-5-13-29-20)24-21(26)14-25-18-6-3-4-7-19(18)28-15-22(25)27/h3-13,23H,2,14-15H2,1H3,(H,24,26)/t23-/m0/s1. The first kappa shape index (κ1) is 19.2. The molecule has 0 aliphatic carbocycles. The highest BCUT2D eigenvalue weighted by Crippen LogP contribution is 2.31. The molecule has 0 unspecified atom stereocenters. The van der Waals surface area contributed by atoms with E-state index >= 15 is 0 Å². The van der Waals surface area contributed by atoms with Crippen LogP contribution in [0.1, 0.15) is 29.0 Å². The minimum atomic E-state index is -0.250. The summed E-state index contributed by atoms with van der Waals surface area (Å²) in [6.07, 6.45) is 0.967. The second-order valence-corrected chi connectivity index (χ2v) is 7.83. The normalized spacial score (nSPS) is 14.1. The number of ether oxygens (including phenoxy) is 1. The van der Waals surface area contributed by atoms with Crippen LogP contribution in [0.25, 0.3) is 0 Å². The number of thiophene rings is 1. The first-order chi connectivity index (χ1) is 14.2. The van der Waals surface area contributed by atoms with E-state index < -0.39 is 0 Å². The van der Waals surface area contributed by atoms with E-state index in [0.29, 0.717) is 11.4 Å². The number of fused-ring (bicyclic) bond motifs is 1. The number of hydrogen-bond acceptors (Lipinski definition) is 4. The number of anilines is 1. The molecule has 1 aliphatic heterocycles. The number of benzene rings is 2. The number of nitrogens with one attached hydrogen (secondary N) is 1. The van der Waals surface area contributed by atoms with Crippen molar-refractivity contribution in [2.75, 3.05) is 18.1 Å². The Kier molecular flexibility index (Phi) is 5.62. The van der Waals surface area contributed by atoms with Gasteiger partial charge in [-0.3, -0.25) is 14.5 Å². The molecule has 1 atom stereocenters. The maximum atomic E-state index is 12.9. The molecule has 3 aromatic rings. The third kappa shape index (κ3) is 4.17. The quantitative estimate of drug-likeness (QED) is 0.675. The Labute approximate surface area is 173 Å². The molecule has 0 saturated heterocycles. The Morgan fingerprint density at radius 1 is 1.14 bits per heavy atom. The first-order valence-electron chi connectivity index (χ1n) is 9.59. The van der Waals surface area contributed by atoms with Gasteiger partial charge in [0.25, 0.3) is 5.91 Å². The molecule has 0 fully saturated rings. The van der Waals surface area contributed by atoms with Crippen LogP contribution >= 0.6 is 11.3 Å². The maximum Gasteiger partial charge on any atom is 0.265 e. The molecule has 1 N–H and O–H groups in total. The SMILES string of the molecule is CCc1ccc([C@H](NC(=O)CN2C(=O)COc3ccccc32)c2cccs2)cc1. The number of para-hydroxylation sites is 2. The minimum Gasteiger partial charge on any atom is -0.482 e. The number of amides is 2. The molecule has 0 spiro atoms. The second-order valence-electron chi connectivity index (χ2n) is 6.85. The second kappa shape index (κ2) is 8.49. The van der Waals surface area contributed by atoms with Crippen LogP contribution in [0.5, 0.6) is 5.75 Å². The lowest BCUT2D eigenvalue weighted by Crippen LogP contribution is -2.45.